The van der Waals surface area contributed by atoms with E-state index in [1.807, 2.05) is 61.2 Å². The predicted molar refractivity (Wildman–Crippen MR) is 135 cm³/mol. The molecule has 0 bridgehead atoms. The van der Waals surface area contributed by atoms with Crippen LogP contribution in [0, 0.1) is 5.82 Å². The Labute approximate surface area is 210 Å². The number of furan rings is 1. The lowest BCUT2D eigenvalue weighted by atomic mass is 10.1. The van der Waals surface area contributed by atoms with Crippen LogP contribution in [0.2, 0.25) is 0 Å². The molecule has 4 rings (SSSR count). The Morgan fingerprint density at radius 1 is 1.03 bits per heavy atom. The molecule has 0 spiro atoms. The first-order chi connectivity index (χ1) is 17.4. The number of aliphatic hydroxyl groups is 1. The van der Waals surface area contributed by atoms with Gasteiger partial charge in [-0.2, -0.15) is 5.10 Å². The van der Waals surface area contributed by atoms with Crippen LogP contribution in [0.1, 0.15) is 25.2 Å². The van der Waals surface area contributed by atoms with Crippen LogP contribution in [-0.2, 0) is 24.9 Å². The highest BCUT2D eigenvalue weighted by molar-refractivity contribution is 5.65. The summed E-state index contributed by atoms with van der Waals surface area (Å²) in [7, 11) is 1.77. The van der Waals surface area contributed by atoms with Gasteiger partial charge in [0.05, 0.1) is 37.2 Å². The minimum absolute atomic E-state index is 0.0157. The van der Waals surface area contributed by atoms with Crippen molar-refractivity contribution in [3.8, 4) is 22.9 Å². The van der Waals surface area contributed by atoms with E-state index in [9.17, 15) is 9.50 Å². The standard InChI is InChI=1S/C28H32FN3O4/c1-20(2)35-19-22(33)16-32(17-23-12-9-15-34-23)18-24-27(21-10-5-4-6-11-21)30-31(3)28(24)36-26-14-8-7-13-25(26)29/h4-15,20,22,33H,16-19H2,1-3H3/t22-/m1/s1. The fourth-order valence-electron chi connectivity index (χ4n) is 3.97. The van der Waals surface area contributed by atoms with Gasteiger partial charge in [-0.05, 0) is 38.1 Å². The number of benzene rings is 2. The third-order valence-corrected chi connectivity index (χ3v) is 5.61. The number of ether oxygens (including phenoxy) is 2. The maximum Gasteiger partial charge on any atom is 0.222 e. The lowest BCUT2D eigenvalue weighted by molar-refractivity contribution is -0.0114. The van der Waals surface area contributed by atoms with Gasteiger partial charge >= 0.3 is 0 Å². The molecule has 36 heavy (non-hydrogen) atoms. The second kappa shape index (κ2) is 12.0. The summed E-state index contributed by atoms with van der Waals surface area (Å²) in [4.78, 5) is 2.05. The summed E-state index contributed by atoms with van der Waals surface area (Å²) in [6.07, 6.45) is 0.926. The van der Waals surface area contributed by atoms with Gasteiger partial charge < -0.3 is 19.0 Å². The van der Waals surface area contributed by atoms with Crippen LogP contribution >= 0.6 is 0 Å². The SMILES string of the molecule is CC(C)OC[C@H](O)CN(Cc1ccco1)Cc1c(-c2ccccc2)nn(C)c1Oc1ccccc1F. The molecule has 0 aliphatic heterocycles. The first-order valence-corrected chi connectivity index (χ1v) is 12.0. The third kappa shape index (κ3) is 6.60. The predicted octanol–water partition coefficient (Wildman–Crippen LogP) is 5.40. The van der Waals surface area contributed by atoms with Crippen molar-refractivity contribution in [1.82, 2.24) is 14.7 Å². The molecule has 0 radical (unpaired) electrons. The molecule has 2 heterocycles. The van der Waals surface area contributed by atoms with Crippen molar-refractivity contribution >= 4 is 0 Å². The minimum Gasteiger partial charge on any atom is -0.468 e. The second-order valence-electron chi connectivity index (χ2n) is 8.94. The van der Waals surface area contributed by atoms with Crippen molar-refractivity contribution in [2.75, 3.05) is 13.2 Å². The van der Waals surface area contributed by atoms with Gasteiger partial charge in [-0.15, -0.1) is 0 Å². The van der Waals surface area contributed by atoms with Gasteiger partial charge in [0, 0.05) is 25.7 Å². The van der Waals surface area contributed by atoms with E-state index in [-0.39, 0.29) is 18.5 Å². The number of hydrogen-bond acceptors (Lipinski definition) is 6. The van der Waals surface area contributed by atoms with Crippen LogP contribution in [0.25, 0.3) is 11.3 Å². The monoisotopic (exact) mass is 493 g/mol. The Bertz CT molecular complexity index is 1230. The maximum atomic E-state index is 14.5. The van der Waals surface area contributed by atoms with Crippen molar-refractivity contribution in [2.24, 2.45) is 7.05 Å². The molecular weight excluding hydrogens is 461 g/mol. The quantitative estimate of drug-likeness (QED) is 0.285. The summed E-state index contributed by atoms with van der Waals surface area (Å²) >= 11 is 0. The number of aliphatic hydroxyl groups excluding tert-OH is 1. The molecule has 0 saturated carbocycles. The number of nitrogens with zero attached hydrogens (tertiary/aromatic N) is 3. The normalized spacial score (nSPS) is 12.4. The molecular formula is C28H32FN3O4. The van der Waals surface area contributed by atoms with E-state index in [0.29, 0.717) is 25.5 Å². The number of para-hydroxylation sites is 1. The lowest BCUT2D eigenvalue weighted by Gasteiger charge is -2.25. The van der Waals surface area contributed by atoms with Crippen molar-refractivity contribution < 1.29 is 23.4 Å². The zero-order valence-electron chi connectivity index (χ0n) is 20.8. The van der Waals surface area contributed by atoms with Crippen LogP contribution in [-0.4, -0.2) is 45.1 Å². The van der Waals surface area contributed by atoms with Gasteiger partial charge in [0.2, 0.25) is 5.88 Å². The molecule has 0 fully saturated rings. The molecule has 1 N–H and O–H groups in total. The zero-order valence-corrected chi connectivity index (χ0v) is 20.8. The molecule has 2 aromatic carbocycles. The number of halogens is 1. The Hall–Kier alpha value is -3.46. The Balaban J connectivity index is 1.70. The van der Waals surface area contributed by atoms with Crippen molar-refractivity contribution in [2.45, 2.75) is 39.1 Å². The van der Waals surface area contributed by atoms with Gasteiger partial charge in [0.25, 0.3) is 0 Å². The fraction of sp³-hybridized carbons (Fsp3) is 0.321. The Morgan fingerprint density at radius 2 is 1.78 bits per heavy atom. The molecule has 190 valence electrons. The topological polar surface area (TPSA) is 72.9 Å². The Morgan fingerprint density at radius 3 is 2.47 bits per heavy atom. The summed E-state index contributed by atoms with van der Waals surface area (Å²) in [5.74, 6) is 0.842. The highest BCUT2D eigenvalue weighted by Crippen LogP contribution is 2.35. The highest BCUT2D eigenvalue weighted by atomic mass is 19.1. The van der Waals surface area contributed by atoms with E-state index in [2.05, 4.69) is 0 Å². The molecule has 0 saturated heterocycles. The number of aryl methyl sites for hydroxylation is 1. The molecule has 1 atom stereocenters. The van der Waals surface area contributed by atoms with E-state index in [1.54, 1.807) is 36.2 Å². The van der Waals surface area contributed by atoms with E-state index in [4.69, 9.17) is 19.0 Å². The molecule has 0 aliphatic carbocycles. The zero-order chi connectivity index (χ0) is 25.5. The summed E-state index contributed by atoms with van der Waals surface area (Å²) in [6, 6.07) is 19.8. The summed E-state index contributed by atoms with van der Waals surface area (Å²) in [5.41, 5.74) is 2.41. The van der Waals surface area contributed by atoms with Crippen molar-refractivity contribution in [1.29, 1.82) is 0 Å². The maximum absolute atomic E-state index is 14.5. The first kappa shape index (κ1) is 25.6. The van der Waals surface area contributed by atoms with Crippen LogP contribution in [0.5, 0.6) is 11.6 Å². The van der Waals surface area contributed by atoms with Crippen molar-refractivity contribution in [3.63, 3.8) is 0 Å². The smallest absolute Gasteiger partial charge is 0.222 e. The molecule has 2 aromatic heterocycles. The average molecular weight is 494 g/mol. The van der Waals surface area contributed by atoms with Crippen LogP contribution in [0.4, 0.5) is 4.39 Å². The van der Waals surface area contributed by atoms with Gasteiger partial charge in [0.15, 0.2) is 11.6 Å². The number of aromatic nitrogens is 2. The summed E-state index contributed by atoms with van der Waals surface area (Å²) < 4.78 is 33.4. The molecule has 8 heteroatoms. The lowest BCUT2D eigenvalue weighted by Crippen LogP contribution is -2.35. The first-order valence-electron chi connectivity index (χ1n) is 12.0. The fourth-order valence-corrected chi connectivity index (χ4v) is 3.97. The van der Waals surface area contributed by atoms with Gasteiger partial charge in [-0.25, -0.2) is 9.07 Å². The van der Waals surface area contributed by atoms with Crippen LogP contribution < -0.4 is 4.74 Å². The average Bonchev–Trinajstić information content (AvgIpc) is 3.48. The molecule has 0 amide bonds. The highest BCUT2D eigenvalue weighted by Gasteiger charge is 2.24. The van der Waals surface area contributed by atoms with Gasteiger partial charge in [0.1, 0.15) is 11.5 Å². The van der Waals surface area contributed by atoms with Crippen molar-refractivity contribution in [3.05, 3.63) is 90.1 Å². The summed E-state index contributed by atoms with van der Waals surface area (Å²) in [5, 5.41) is 15.4. The third-order valence-electron chi connectivity index (χ3n) is 5.61. The molecule has 7 nitrogen and oxygen atoms in total. The van der Waals surface area contributed by atoms with E-state index >= 15 is 0 Å². The van der Waals surface area contributed by atoms with E-state index < -0.39 is 11.9 Å². The molecule has 0 unspecified atom stereocenters. The van der Waals surface area contributed by atoms with E-state index in [0.717, 1.165) is 22.6 Å². The largest absolute Gasteiger partial charge is 0.468 e. The van der Waals surface area contributed by atoms with E-state index in [1.165, 1.54) is 6.07 Å². The van der Waals surface area contributed by atoms with Crippen LogP contribution in [0.3, 0.4) is 0 Å². The van der Waals surface area contributed by atoms with Gasteiger partial charge in [-0.1, -0.05) is 42.5 Å². The summed E-state index contributed by atoms with van der Waals surface area (Å²) in [6.45, 7) is 5.23. The van der Waals surface area contributed by atoms with Gasteiger partial charge in [-0.3, -0.25) is 4.90 Å². The minimum atomic E-state index is -0.713. The second-order valence-corrected chi connectivity index (χ2v) is 8.94. The number of hydrogen-bond donors (Lipinski definition) is 1. The van der Waals surface area contributed by atoms with Crippen LogP contribution in [0.15, 0.2) is 77.4 Å². The molecule has 4 aromatic rings. The number of rotatable bonds is 12. The molecule has 0 aliphatic rings. The Kier molecular flexibility index (Phi) is 8.53.